The molecule has 3 nitrogen and oxygen atoms in total. The number of aliphatic hydroxyl groups is 1. The first-order chi connectivity index (χ1) is 10.3. The Labute approximate surface area is 135 Å². The highest BCUT2D eigenvalue weighted by Gasteiger charge is 2.23. The predicted molar refractivity (Wildman–Crippen MR) is 91.5 cm³/mol. The highest BCUT2D eigenvalue weighted by molar-refractivity contribution is 5.41. The molecule has 1 N–H and O–H groups in total. The van der Waals surface area contributed by atoms with Crippen molar-refractivity contribution in [1.82, 2.24) is 4.90 Å². The van der Waals surface area contributed by atoms with Crippen molar-refractivity contribution < 1.29 is 9.84 Å². The number of benzene rings is 1. The lowest BCUT2D eigenvalue weighted by molar-refractivity contribution is 0.0858. The van der Waals surface area contributed by atoms with Gasteiger partial charge in [-0.15, -0.1) is 0 Å². The number of likely N-dealkylation sites (tertiary alicyclic amines) is 1. The van der Waals surface area contributed by atoms with E-state index in [1.54, 1.807) is 7.11 Å². The van der Waals surface area contributed by atoms with E-state index in [2.05, 4.69) is 44.7 Å². The summed E-state index contributed by atoms with van der Waals surface area (Å²) < 4.78 is 5.47. The van der Waals surface area contributed by atoms with Gasteiger partial charge in [-0.1, -0.05) is 33.8 Å². The Bertz CT molecular complexity index is 493. The number of aliphatic hydroxyl groups excluding tert-OH is 1. The second-order valence-electron chi connectivity index (χ2n) is 7.73. The van der Waals surface area contributed by atoms with E-state index in [9.17, 15) is 5.11 Å². The molecule has 1 aliphatic heterocycles. The molecule has 0 aromatic heterocycles. The van der Waals surface area contributed by atoms with Crippen molar-refractivity contribution in [3.63, 3.8) is 0 Å². The molecule has 2 atom stereocenters. The van der Waals surface area contributed by atoms with Crippen molar-refractivity contribution in [3.8, 4) is 5.75 Å². The van der Waals surface area contributed by atoms with E-state index in [-0.39, 0.29) is 5.41 Å². The summed E-state index contributed by atoms with van der Waals surface area (Å²) in [5, 5.41) is 10.7. The summed E-state index contributed by atoms with van der Waals surface area (Å²) in [7, 11) is 1.67. The number of rotatable bonds is 4. The van der Waals surface area contributed by atoms with E-state index in [0.717, 1.165) is 30.3 Å². The molecule has 1 fully saturated rings. The molecule has 1 aromatic rings. The molecule has 1 aliphatic rings. The maximum atomic E-state index is 10.7. The Kier molecular flexibility index (Phi) is 5.51. The van der Waals surface area contributed by atoms with Crippen LogP contribution in [0.25, 0.3) is 0 Å². The van der Waals surface area contributed by atoms with E-state index in [4.69, 9.17) is 4.74 Å². The fraction of sp³-hybridized carbons (Fsp3) is 0.684. The maximum absolute atomic E-state index is 10.7. The molecule has 0 amide bonds. The van der Waals surface area contributed by atoms with Crippen LogP contribution in [0.2, 0.25) is 0 Å². The normalized spacial score (nSPS) is 21.6. The molecule has 22 heavy (non-hydrogen) atoms. The lowest BCUT2D eigenvalue weighted by Crippen LogP contribution is -2.37. The average molecular weight is 305 g/mol. The van der Waals surface area contributed by atoms with Gasteiger partial charge in [0.15, 0.2) is 0 Å². The summed E-state index contributed by atoms with van der Waals surface area (Å²) in [6.07, 6.45) is 2.03. The van der Waals surface area contributed by atoms with Crippen molar-refractivity contribution in [1.29, 1.82) is 0 Å². The van der Waals surface area contributed by atoms with E-state index in [1.807, 2.05) is 6.07 Å². The summed E-state index contributed by atoms with van der Waals surface area (Å²) in [5.41, 5.74) is 2.21. The van der Waals surface area contributed by atoms with Gasteiger partial charge in [-0.05, 0) is 48.4 Å². The third kappa shape index (κ3) is 4.23. The molecule has 1 heterocycles. The van der Waals surface area contributed by atoms with Crippen LogP contribution in [0.3, 0.4) is 0 Å². The summed E-state index contributed by atoms with van der Waals surface area (Å²) in [4.78, 5) is 2.38. The Hall–Kier alpha value is -1.06. The minimum Gasteiger partial charge on any atom is -0.496 e. The average Bonchev–Trinajstić information content (AvgIpc) is 2.45. The number of methoxy groups -OCH3 is 1. The molecule has 0 radical (unpaired) electrons. The number of β-amino-alcohol motifs (C(OH)–C–C–N with tert-alkyl or cyclic N) is 1. The van der Waals surface area contributed by atoms with Gasteiger partial charge in [0, 0.05) is 18.7 Å². The number of nitrogens with zero attached hydrogens (tertiary/aromatic N) is 1. The summed E-state index contributed by atoms with van der Waals surface area (Å²) >= 11 is 0. The Balaban J connectivity index is 2.18. The minimum absolute atomic E-state index is 0.0698. The third-order valence-corrected chi connectivity index (χ3v) is 4.63. The largest absolute Gasteiger partial charge is 0.496 e. The zero-order valence-corrected chi connectivity index (χ0v) is 14.7. The van der Waals surface area contributed by atoms with Gasteiger partial charge in [-0.3, -0.25) is 0 Å². The summed E-state index contributed by atoms with van der Waals surface area (Å²) in [6, 6.07) is 6.19. The molecule has 2 rings (SSSR count). The molecule has 1 saturated heterocycles. The monoisotopic (exact) mass is 305 g/mol. The lowest BCUT2D eigenvalue weighted by atomic mass is 9.85. The van der Waals surface area contributed by atoms with E-state index in [1.165, 1.54) is 18.4 Å². The van der Waals surface area contributed by atoms with Gasteiger partial charge in [0.1, 0.15) is 5.75 Å². The first kappa shape index (κ1) is 17.3. The minimum atomic E-state index is -0.498. The summed E-state index contributed by atoms with van der Waals surface area (Å²) in [6.45, 7) is 11.7. The van der Waals surface area contributed by atoms with Gasteiger partial charge in [0.05, 0.1) is 13.2 Å². The van der Waals surface area contributed by atoms with Crippen molar-refractivity contribution >= 4 is 0 Å². The van der Waals surface area contributed by atoms with Crippen LogP contribution in [0, 0.1) is 5.92 Å². The maximum Gasteiger partial charge on any atom is 0.124 e. The van der Waals surface area contributed by atoms with Crippen LogP contribution in [-0.2, 0) is 5.41 Å². The summed E-state index contributed by atoms with van der Waals surface area (Å²) in [5.74, 6) is 1.51. The smallest absolute Gasteiger partial charge is 0.124 e. The van der Waals surface area contributed by atoms with E-state index in [0.29, 0.717) is 6.54 Å². The number of ether oxygens (including phenoxy) is 1. The van der Waals surface area contributed by atoms with E-state index >= 15 is 0 Å². The highest BCUT2D eigenvalue weighted by Crippen LogP contribution is 2.32. The molecule has 124 valence electrons. The molecule has 0 spiro atoms. The van der Waals surface area contributed by atoms with Gasteiger partial charge >= 0.3 is 0 Å². The van der Waals surface area contributed by atoms with Crippen molar-refractivity contribution in [2.75, 3.05) is 26.7 Å². The Morgan fingerprint density at radius 2 is 2.09 bits per heavy atom. The van der Waals surface area contributed by atoms with Crippen LogP contribution < -0.4 is 4.74 Å². The molecule has 0 bridgehead atoms. The van der Waals surface area contributed by atoms with Gasteiger partial charge < -0.3 is 14.7 Å². The van der Waals surface area contributed by atoms with Crippen molar-refractivity contribution in [2.24, 2.45) is 5.92 Å². The molecule has 0 saturated carbocycles. The van der Waals surface area contributed by atoms with Crippen LogP contribution in [0.5, 0.6) is 5.75 Å². The van der Waals surface area contributed by atoms with E-state index < -0.39 is 6.10 Å². The van der Waals surface area contributed by atoms with Gasteiger partial charge in [-0.25, -0.2) is 0 Å². The Morgan fingerprint density at radius 3 is 2.68 bits per heavy atom. The number of hydrogen-bond acceptors (Lipinski definition) is 3. The predicted octanol–water partition coefficient (Wildman–Crippen LogP) is 3.76. The van der Waals surface area contributed by atoms with Gasteiger partial charge in [0.25, 0.3) is 0 Å². The van der Waals surface area contributed by atoms with Crippen LogP contribution in [0.4, 0.5) is 0 Å². The SMILES string of the molecule is COc1ccc(C(C)(C)C)cc1C(O)CN1CCCC(C)C1. The first-order valence-electron chi connectivity index (χ1n) is 8.40. The van der Waals surface area contributed by atoms with Crippen molar-refractivity contribution in [2.45, 2.75) is 52.1 Å². The van der Waals surface area contributed by atoms with Crippen LogP contribution >= 0.6 is 0 Å². The molecule has 0 aliphatic carbocycles. The third-order valence-electron chi connectivity index (χ3n) is 4.63. The van der Waals surface area contributed by atoms with Crippen molar-refractivity contribution in [3.05, 3.63) is 29.3 Å². The topological polar surface area (TPSA) is 32.7 Å². The van der Waals surface area contributed by atoms with Crippen LogP contribution in [0.1, 0.15) is 57.8 Å². The van der Waals surface area contributed by atoms with Gasteiger partial charge in [0.2, 0.25) is 0 Å². The zero-order chi connectivity index (χ0) is 16.3. The number of hydrogen-bond donors (Lipinski definition) is 1. The molecular weight excluding hydrogens is 274 g/mol. The van der Waals surface area contributed by atoms with Crippen LogP contribution in [0.15, 0.2) is 18.2 Å². The standard InChI is InChI=1S/C19H31NO2/c1-14-7-6-10-20(12-14)13-17(21)16-11-15(19(2,3)4)8-9-18(16)22-5/h8-9,11,14,17,21H,6-7,10,12-13H2,1-5H3. The fourth-order valence-corrected chi connectivity index (χ4v) is 3.26. The molecular formula is C19H31NO2. The molecule has 1 aromatic carbocycles. The molecule has 3 heteroatoms. The Morgan fingerprint density at radius 1 is 1.36 bits per heavy atom. The second-order valence-corrected chi connectivity index (χ2v) is 7.73. The molecule has 2 unspecified atom stereocenters. The zero-order valence-electron chi connectivity index (χ0n) is 14.7. The lowest BCUT2D eigenvalue weighted by Gasteiger charge is -2.33. The quantitative estimate of drug-likeness (QED) is 0.919. The van der Waals surface area contributed by atoms with Crippen LogP contribution in [-0.4, -0.2) is 36.8 Å². The first-order valence-corrected chi connectivity index (χ1v) is 8.40. The van der Waals surface area contributed by atoms with Gasteiger partial charge in [-0.2, -0.15) is 0 Å². The second kappa shape index (κ2) is 7.01. The fourth-order valence-electron chi connectivity index (χ4n) is 3.26. The highest BCUT2D eigenvalue weighted by atomic mass is 16.5. The number of piperidine rings is 1.